The van der Waals surface area contributed by atoms with Gasteiger partial charge in [0.1, 0.15) is 12.2 Å². The van der Waals surface area contributed by atoms with Crippen molar-refractivity contribution in [2.24, 2.45) is 4.99 Å². The zero-order chi connectivity index (χ0) is 15.2. The van der Waals surface area contributed by atoms with Crippen molar-refractivity contribution < 1.29 is 24.3 Å². The molecule has 0 radical (unpaired) electrons. The van der Waals surface area contributed by atoms with Gasteiger partial charge in [-0.05, 0) is 0 Å². The summed E-state index contributed by atoms with van der Waals surface area (Å²) in [5.74, 6) is -0.519. The summed E-state index contributed by atoms with van der Waals surface area (Å²) < 4.78 is 11.9. The molecule has 0 aromatic carbocycles. The number of imidazole rings is 1. The Hall–Kier alpha value is -2.33. The molecule has 1 aromatic rings. The zero-order valence-electron chi connectivity index (χ0n) is 11.4. The van der Waals surface area contributed by atoms with Gasteiger partial charge in [0.25, 0.3) is 0 Å². The number of hydrogen-bond acceptors (Lipinski definition) is 8. The number of nitrogens with zero attached hydrogens (tertiary/aromatic N) is 4. The molecule has 0 spiro atoms. The molecule has 0 aliphatic carbocycles. The molecule has 1 aliphatic rings. The third-order valence-corrected chi connectivity index (χ3v) is 2.80. The minimum Gasteiger partial charge on any atom is -0.475 e. The van der Waals surface area contributed by atoms with E-state index in [2.05, 4.69) is 14.7 Å². The van der Waals surface area contributed by atoms with Crippen LogP contribution >= 0.6 is 0 Å². The van der Waals surface area contributed by atoms with Gasteiger partial charge in [0.05, 0.1) is 26.3 Å². The highest BCUT2D eigenvalue weighted by atomic mass is 16.5. The standard InChI is InChI=1S/C11H15BN4O5/c1-20-11(17)9-6-16(12(18)19)8-14-10(9)21-5-4-15-3-2-13-7-15/h2-3,7-8,18-19H,4-6H2,1H3. The second-order valence-electron chi connectivity index (χ2n) is 4.19. The van der Waals surface area contributed by atoms with Gasteiger partial charge in [-0.3, -0.25) is 0 Å². The monoisotopic (exact) mass is 294 g/mol. The number of carbonyl (C=O) groups excluding carboxylic acids is 1. The van der Waals surface area contributed by atoms with Crippen LogP contribution in [0.4, 0.5) is 0 Å². The van der Waals surface area contributed by atoms with Crippen LogP contribution < -0.4 is 0 Å². The number of esters is 1. The molecule has 0 fully saturated rings. The summed E-state index contributed by atoms with van der Waals surface area (Å²) in [4.78, 5) is 20.6. The third-order valence-electron chi connectivity index (χ3n) is 2.80. The molecule has 0 saturated carbocycles. The van der Waals surface area contributed by atoms with E-state index in [1.807, 2.05) is 4.57 Å². The molecule has 0 atom stereocenters. The molecule has 1 aromatic heterocycles. The Morgan fingerprint density at radius 3 is 2.95 bits per heavy atom. The Morgan fingerprint density at radius 1 is 1.52 bits per heavy atom. The molecule has 2 rings (SSSR count). The van der Waals surface area contributed by atoms with Crippen molar-refractivity contribution in [2.45, 2.75) is 6.54 Å². The molecule has 0 bridgehead atoms. The van der Waals surface area contributed by atoms with Crippen LogP contribution in [0, 0.1) is 0 Å². The fourth-order valence-electron chi connectivity index (χ4n) is 1.70. The molecular formula is C11H15BN4O5. The first-order chi connectivity index (χ1) is 10.1. The fourth-order valence-corrected chi connectivity index (χ4v) is 1.70. The van der Waals surface area contributed by atoms with E-state index in [0.717, 1.165) is 4.81 Å². The van der Waals surface area contributed by atoms with Crippen molar-refractivity contribution in [3.05, 3.63) is 30.2 Å². The lowest BCUT2D eigenvalue weighted by Gasteiger charge is -2.24. The van der Waals surface area contributed by atoms with Crippen LogP contribution in [0.15, 0.2) is 35.2 Å². The van der Waals surface area contributed by atoms with Crippen molar-refractivity contribution in [1.29, 1.82) is 0 Å². The Labute approximate surface area is 121 Å². The molecule has 10 heteroatoms. The number of ether oxygens (including phenoxy) is 2. The molecule has 0 saturated heterocycles. The smallest absolute Gasteiger partial charge is 0.475 e. The van der Waals surface area contributed by atoms with E-state index in [4.69, 9.17) is 14.8 Å². The molecule has 0 amide bonds. The van der Waals surface area contributed by atoms with Gasteiger partial charge < -0.3 is 28.9 Å². The van der Waals surface area contributed by atoms with Gasteiger partial charge >= 0.3 is 13.2 Å². The van der Waals surface area contributed by atoms with Crippen LogP contribution in [0.3, 0.4) is 0 Å². The summed E-state index contributed by atoms with van der Waals surface area (Å²) in [6, 6.07) is 0. The van der Waals surface area contributed by atoms with E-state index in [9.17, 15) is 4.79 Å². The summed E-state index contributed by atoms with van der Waals surface area (Å²) in [7, 11) is -0.517. The third kappa shape index (κ3) is 3.83. The number of aliphatic imine (C=N–C) groups is 1. The number of rotatable bonds is 6. The molecule has 9 nitrogen and oxygen atoms in total. The van der Waals surface area contributed by atoms with Gasteiger partial charge in [-0.15, -0.1) is 0 Å². The lowest BCUT2D eigenvalue weighted by Crippen LogP contribution is -2.43. The average molecular weight is 294 g/mol. The van der Waals surface area contributed by atoms with Gasteiger partial charge in [0.2, 0.25) is 5.88 Å². The van der Waals surface area contributed by atoms with Gasteiger partial charge in [-0.25, -0.2) is 14.8 Å². The molecule has 2 N–H and O–H groups in total. The largest absolute Gasteiger partial charge is 0.588 e. The van der Waals surface area contributed by atoms with E-state index in [1.54, 1.807) is 18.7 Å². The van der Waals surface area contributed by atoms with Crippen LogP contribution in [0.25, 0.3) is 0 Å². The Bertz CT molecular complexity index is 543. The number of aromatic nitrogens is 2. The molecular weight excluding hydrogens is 279 g/mol. The highest BCUT2D eigenvalue weighted by molar-refractivity contribution is 6.41. The van der Waals surface area contributed by atoms with E-state index in [-0.39, 0.29) is 24.6 Å². The van der Waals surface area contributed by atoms with Crippen molar-refractivity contribution in [2.75, 3.05) is 20.3 Å². The second kappa shape index (κ2) is 6.91. The van der Waals surface area contributed by atoms with Crippen LogP contribution in [0.5, 0.6) is 0 Å². The summed E-state index contributed by atoms with van der Waals surface area (Å²) in [5, 5.41) is 18.2. The van der Waals surface area contributed by atoms with Gasteiger partial charge in [0, 0.05) is 18.9 Å². The minimum atomic E-state index is -1.75. The first-order valence-electron chi connectivity index (χ1n) is 6.18. The SMILES string of the molecule is COC(=O)C1=C(OCCn2ccnc2)N=CN(B(O)O)C1. The van der Waals surface area contributed by atoms with Crippen molar-refractivity contribution in [3.8, 4) is 0 Å². The van der Waals surface area contributed by atoms with Crippen LogP contribution in [-0.2, 0) is 20.8 Å². The first-order valence-corrected chi connectivity index (χ1v) is 6.18. The number of methoxy groups -OCH3 is 1. The van der Waals surface area contributed by atoms with Crippen LogP contribution in [0.2, 0.25) is 0 Å². The number of hydrogen-bond donors (Lipinski definition) is 2. The lowest BCUT2D eigenvalue weighted by atomic mass is 10.0. The summed E-state index contributed by atoms with van der Waals surface area (Å²) in [5.41, 5.74) is 0.124. The van der Waals surface area contributed by atoms with E-state index in [0.29, 0.717) is 6.54 Å². The normalized spacial score (nSPS) is 14.3. The van der Waals surface area contributed by atoms with E-state index >= 15 is 0 Å². The van der Waals surface area contributed by atoms with Crippen molar-refractivity contribution in [1.82, 2.24) is 14.4 Å². The van der Waals surface area contributed by atoms with Gasteiger partial charge in [-0.2, -0.15) is 0 Å². The fraction of sp³-hybridized carbons (Fsp3) is 0.364. The molecule has 2 heterocycles. The van der Waals surface area contributed by atoms with E-state index in [1.165, 1.54) is 13.4 Å². The second-order valence-corrected chi connectivity index (χ2v) is 4.19. The highest BCUT2D eigenvalue weighted by Gasteiger charge is 2.28. The Morgan fingerprint density at radius 2 is 2.33 bits per heavy atom. The first kappa shape index (κ1) is 15.1. The van der Waals surface area contributed by atoms with Gasteiger partial charge in [0.15, 0.2) is 0 Å². The molecule has 1 aliphatic heterocycles. The van der Waals surface area contributed by atoms with Crippen molar-refractivity contribution >= 4 is 19.6 Å². The predicted molar refractivity (Wildman–Crippen MR) is 72.6 cm³/mol. The Kier molecular flexibility index (Phi) is 4.96. The average Bonchev–Trinajstić information content (AvgIpc) is 2.99. The molecule has 21 heavy (non-hydrogen) atoms. The predicted octanol–water partition coefficient (Wildman–Crippen LogP) is -1.40. The maximum atomic E-state index is 11.7. The van der Waals surface area contributed by atoms with Crippen LogP contribution in [-0.4, -0.2) is 64.2 Å². The number of carbonyl (C=O) groups is 1. The zero-order valence-corrected chi connectivity index (χ0v) is 11.4. The molecule has 0 unspecified atom stereocenters. The highest BCUT2D eigenvalue weighted by Crippen LogP contribution is 2.16. The summed E-state index contributed by atoms with van der Waals surface area (Å²) >= 11 is 0. The van der Waals surface area contributed by atoms with Crippen molar-refractivity contribution in [3.63, 3.8) is 0 Å². The minimum absolute atomic E-state index is 0.0613. The van der Waals surface area contributed by atoms with Crippen LogP contribution in [0.1, 0.15) is 0 Å². The topological polar surface area (TPSA) is 109 Å². The van der Waals surface area contributed by atoms with Gasteiger partial charge in [-0.1, -0.05) is 0 Å². The quantitative estimate of drug-likeness (QED) is 0.490. The molecule has 112 valence electrons. The lowest BCUT2D eigenvalue weighted by molar-refractivity contribution is -0.136. The van der Waals surface area contributed by atoms with E-state index < -0.39 is 13.2 Å². The maximum absolute atomic E-state index is 11.7. The summed E-state index contributed by atoms with van der Waals surface area (Å²) in [6.45, 7) is 0.763. The Balaban J connectivity index is 2.02. The maximum Gasteiger partial charge on any atom is 0.588 e. The summed E-state index contributed by atoms with van der Waals surface area (Å²) in [6.07, 6.45) is 6.28.